The lowest BCUT2D eigenvalue weighted by atomic mass is 9.85. The molecule has 342 valence electrons. The Morgan fingerprint density at radius 3 is 1.18 bits per heavy atom. The number of hydrogen-bond acceptors (Lipinski definition) is 2. The summed E-state index contributed by atoms with van der Waals surface area (Å²) in [5.74, 6) is 0. The van der Waals surface area contributed by atoms with Crippen molar-refractivity contribution < 1.29 is 13.2 Å². The molecule has 0 N–H and O–H groups in total. The van der Waals surface area contributed by atoms with E-state index in [1.807, 2.05) is 36.4 Å². The summed E-state index contributed by atoms with van der Waals surface area (Å²) < 4.78 is 46.5. The smallest absolute Gasteiger partial charge is 0.309 e. The van der Waals surface area contributed by atoms with E-state index in [2.05, 4.69) is 177 Å². The number of nitriles is 2. The monoisotopic (exact) mass is 902 g/mol. The van der Waals surface area contributed by atoms with E-state index >= 15 is 0 Å². The van der Waals surface area contributed by atoms with Crippen LogP contribution in [0.25, 0.3) is 77.2 Å². The predicted octanol–water partition coefficient (Wildman–Crippen LogP) is 17.2. The molecule has 68 heavy (non-hydrogen) atoms. The van der Waals surface area contributed by atoms with E-state index in [9.17, 15) is 23.7 Å². The zero-order valence-electron chi connectivity index (χ0n) is 41.0. The van der Waals surface area contributed by atoms with Gasteiger partial charge in [-0.2, -0.15) is 23.7 Å². The van der Waals surface area contributed by atoms with Gasteiger partial charge in [0.25, 0.3) is 0 Å². The third kappa shape index (κ3) is 7.92. The number of halogens is 3. The van der Waals surface area contributed by atoms with Gasteiger partial charge in [0.2, 0.25) is 0 Å². The Hall–Kier alpha value is -7.09. The molecule has 0 bridgehead atoms. The van der Waals surface area contributed by atoms with Gasteiger partial charge in [-0.05, 0) is 146 Å². The summed E-state index contributed by atoms with van der Waals surface area (Å²) in [5, 5.41) is 25.8. The molecule has 9 aromatic rings. The lowest BCUT2D eigenvalue weighted by Gasteiger charge is -2.21. The van der Waals surface area contributed by atoms with Crippen molar-refractivity contribution in [3.8, 4) is 45.8 Å². The molecule has 0 aliphatic rings. The molecular weight excluding hydrogens is 846 g/mol. The van der Waals surface area contributed by atoms with Crippen LogP contribution >= 0.6 is 0 Å². The molecule has 0 aliphatic heterocycles. The van der Waals surface area contributed by atoms with E-state index in [1.165, 1.54) is 28.3 Å². The maximum atomic E-state index is 14.0. The van der Waals surface area contributed by atoms with Crippen LogP contribution in [-0.4, -0.2) is 9.13 Å². The van der Waals surface area contributed by atoms with Crippen molar-refractivity contribution in [3.63, 3.8) is 0 Å². The second-order valence-electron chi connectivity index (χ2n) is 22.5. The molecule has 2 aromatic heterocycles. The summed E-state index contributed by atoms with van der Waals surface area (Å²) in [5.41, 5.74) is 11.8. The summed E-state index contributed by atoms with van der Waals surface area (Å²) in [6, 6.07) is 46.2. The number of benzene rings is 7. The fraction of sp³-hybridized carbons (Fsp3) is 0.279. The Kier molecular flexibility index (Phi) is 10.7. The fourth-order valence-electron chi connectivity index (χ4n) is 9.62. The van der Waals surface area contributed by atoms with Crippen LogP contribution in [0.15, 0.2) is 127 Å². The van der Waals surface area contributed by atoms with Gasteiger partial charge in [-0.15, -0.1) is 0 Å². The van der Waals surface area contributed by atoms with Crippen molar-refractivity contribution in [1.82, 2.24) is 9.13 Å². The predicted molar refractivity (Wildman–Crippen MR) is 275 cm³/mol. The quantitative estimate of drug-likeness (QED) is 0.177. The minimum absolute atomic E-state index is 0.0821. The topological polar surface area (TPSA) is 57.4 Å². The fourth-order valence-corrected chi connectivity index (χ4v) is 9.62. The first-order valence-corrected chi connectivity index (χ1v) is 23.3. The number of nitrogens with zero attached hydrogens (tertiary/aromatic N) is 4. The molecule has 7 heteroatoms. The first-order valence-electron chi connectivity index (χ1n) is 23.3. The first kappa shape index (κ1) is 46.0. The Morgan fingerprint density at radius 1 is 0.368 bits per heavy atom. The number of hydrogen-bond donors (Lipinski definition) is 0. The second-order valence-corrected chi connectivity index (χ2v) is 22.5. The van der Waals surface area contributed by atoms with Crippen LogP contribution in [0.3, 0.4) is 0 Å². The van der Waals surface area contributed by atoms with Crippen LogP contribution in [-0.2, 0) is 27.8 Å². The molecule has 0 spiro atoms. The largest absolute Gasteiger partial charge is 0.416 e. The average molecular weight is 903 g/mol. The lowest BCUT2D eigenvalue weighted by molar-refractivity contribution is -0.137. The second kappa shape index (κ2) is 15.7. The molecule has 0 atom stereocenters. The van der Waals surface area contributed by atoms with E-state index < -0.39 is 11.7 Å². The molecule has 7 aromatic carbocycles. The highest BCUT2D eigenvalue weighted by Gasteiger charge is 2.32. The van der Waals surface area contributed by atoms with Crippen LogP contribution in [0, 0.1) is 22.7 Å². The highest BCUT2D eigenvalue weighted by molar-refractivity contribution is 6.11. The molecule has 4 nitrogen and oxygen atoms in total. The van der Waals surface area contributed by atoms with Crippen molar-refractivity contribution in [2.75, 3.05) is 0 Å². The number of alkyl halides is 3. The van der Waals surface area contributed by atoms with E-state index in [4.69, 9.17) is 0 Å². The number of aromatic nitrogens is 2. The molecular formula is C61H57F3N4. The Labute approximate surface area is 397 Å². The normalized spacial score (nSPS) is 12.9. The van der Waals surface area contributed by atoms with Gasteiger partial charge in [0.1, 0.15) is 0 Å². The zero-order valence-corrected chi connectivity index (χ0v) is 41.0. The summed E-state index contributed by atoms with van der Waals surface area (Å²) in [6.45, 7) is 26.6. The molecule has 0 fully saturated rings. The van der Waals surface area contributed by atoms with Crippen molar-refractivity contribution >= 4 is 43.6 Å². The highest BCUT2D eigenvalue weighted by Crippen LogP contribution is 2.44. The van der Waals surface area contributed by atoms with Crippen LogP contribution < -0.4 is 0 Å². The Morgan fingerprint density at radius 2 is 0.779 bits per heavy atom. The van der Waals surface area contributed by atoms with Gasteiger partial charge in [-0.25, -0.2) is 0 Å². The number of rotatable bonds is 4. The van der Waals surface area contributed by atoms with E-state index in [0.717, 1.165) is 67.1 Å². The van der Waals surface area contributed by atoms with Gasteiger partial charge in [0, 0.05) is 38.4 Å². The Balaban J connectivity index is 1.39. The molecule has 0 saturated carbocycles. The zero-order chi connectivity index (χ0) is 49.0. The summed E-state index contributed by atoms with van der Waals surface area (Å²) >= 11 is 0. The first-order chi connectivity index (χ1) is 31.8. The number of fused-ring (bicyclic) bond motifs is 6. The summed E-state index contributed by atoms with van der Waals surface area (Å²) in [6.07, 6.45) is -4.62. The van der Waals surface area contributed by atoms with Crippen LogP contribution in [0.4, 0.5) is 13.2 Å². The molecule has 2 heterocycles. The average Bonchev–Trinajstić information content (AvgIpc) is 3.78. The van der Waals surface area contributed by atoms with Gasteiger partial charge in [-0.1, -0.05) is 119 Å². The van der Waals surface area contributed by atoms with Gasteiger partial charge in [-0.3, -0.25) is 0 Å². The van der Waals surface area contributed by atoms with E-state index in [0.29, 0.717) is 27.8 Å². The van der Waals surface area contributed by atoms with Gasteiger partial charge >= 0.3 is 6.18 Å². The Bertz CT molecular complexity index is 3470. The van der Waals surface area contributed by atoms with E-state index in [1.54, 1.807) is 0 Å². The molecule has 0 saturated heterocycles. The molecule has 0 amide bonds. The van der Waals surface area contributed by atoms with Crippen molar-refractivity contribution in [2.45, 2.75) is 111 Å². The van der Waals surface area contributed by atoms with E-state index in [-0.39, 0.29) is 27.2 Å². The molecule has 0 unspecified atom stereocenters. The summed E-state index contributed by atoms with van der Waals surface area (Å²) in [4.78, 5) is 0. The minimum Gasteiger partial charge on any atom is -0.309 e. The standard InChI is InChI=1S/C61H57F3N4/c1-57(2,3)39-16-23-52-48(29-39)49-30-40(58(4,5)6)17-24-53(49)67(52)44-20-13-37(34-65)46(33-44)47-28-36(45-21-15-43(61(62,63)64)27-38(45)35-66)14-22-54(47)68-55-25-18-41(59(7,8)9)31-50(55)51-32-42(60(10,11)12)19-26-56(51)68/h13-33H,1-12H3. The van der Waals surface area contributed by atoms with Crippen LogP contribution in [0.1, 0.15) is 122 Å². The maximum absolute atomic E-state index is 14.0. The SMILES string of the molecule is CC(C)(C)c1ccc2c(c1)c1cc(C(C)(C)C)ccc1n2-c1ccc(C#N)c(-c2cc(-c3ccc(C(F)(F)F)cc3C#N)ccc2-n2c3ccc(C(C)(C)C)cc3c3cc(C(C)(C)C)ccc32)c1. The van der Waals surface area contributed by atoms with Crippen LogP contribution in [0.2, 0.25) is 0 Å². The third-order valence-electron chi connectivity index (χ3n) is 13.7. The van der Waals surface area contributed by atoms with Crippen molar-refractivity contribution in [3.05, 3.63) is 166 Å². The van der Waals surface area contributed by atoms with Crippen LogP contribution in [0.5, 0.6) is 0 Å². The summed E-state index contributed by atoms with van der Waals surface area (Å²) in [7, 11) is 0. The molecule has 0 aliphatic carbocycles. The third-order valence-corrected chi connectivity index (χ3v) is 13.7. The minimum atomic E-state index is -4.62. The highest BCUT2D eigenvalue weighted by atomic mass is 19.4. The van der Waals surface area contributed by atoms with Gasteiger partial charge in [0.05, 0.1) is 56.6 Å². The van der Waals surface area contributed by atoms with Gasteiger partial charge in [0.15, 0.2) is 0 Å². The van der Waals surface area contributed by atoms with Crippen molar-refractivity contribution in [2.24, 2.45) is 0 Å². The maximum Gasteiger partial charge on any atom is 0.416 e. The molecule has 0 radical (unpaired) electrons. The molecule has 9 rings (SSSR count). The van der Waals surface area contributed by atoms with Crippen molar-refractivity contribution in [1.29, 1.82) is 10.5 Å². The van der Waals surface area contributed by atoms with Gasteiger partial charge < -0.3 is 9.13 Å². The lowest BCUT2D eigenvalue weighted by Crippen LogP contribution is -2.10.